The van der Waals surface area contributed by atoms with Crippen LogP contribution in [-0.2, 0) is 6.54 Å². The molecule has 2 heterocycles. The molecule has 0 spiro atoms. The van der Waals surface area contributed by atoms with Crippen molar-refractivity contribution in [2.24, 2.45) is 0 Å². The molecule has 3 amide bonds. The van der Waals surface area contributed by atoms with Gasteiger partial charge in [0.2, 0.25) is 0 Å². The maximum atomic E-state index is 12.7. The summed E-state index contributed by atoms with van der Waals surface area (Å²) >= 11 is 0. The Morgan fingerprint density at radius 3 is 2.44 bits per heavy atom. The third kappa shape index (κ3) is 3.48. The van der Waals surface area contributed by atoms with E-state index in [1.165, 1.54) is 11.0 Å². The summed E-state index contributed by atoms with van der Waals surface area (Å²) in [7, 11) is 0. The molecule has 2 aliphatic rings. The van der Waals surface area contributed by atoms with Crippen LogP contribution in [0.1, 0.15) is 49.5 Å². The number of nitrogens with one attached hydrogen (secondary N) is 2. The second-order valence-electron chi connectivity index (χ2n) is 6.94. The van der Waals surface area contributed by atoms with E-state index in [4.69, 9.17) is 0 Å². The first-order chi connectivity index (χ1) is 13.1. The summed E-state index contributed by atoms with van der Waals surface area (Å²) in [4.78, 5) is 39.1. The van der Waals surface area contributed by atoms with Gasteiger partial charge in [0.25, 0.3) is 17.7 Å². The first kappa shape index (κ1) is 17.4. The molecule has 0 bridgehead atoms. The van der Waals surface area contributed by atoms with Gasteiger partial charge in [0, 0.05) is 11.6 Å². The van der Waals surface area contributed by atoms with Crippen LogP contribution in [0.3, 0.4) is 0 Å². The smallest absolute Gasteiger partial charge is 0.261 e. The average Bonchev–Trinajstić information content (AvgIpc) is 2.94. The number of hydrogen-bond acceptors (Lipinski definition) is 4. The first-order valence-electron chi connectivity index (χ1n) is 9.19. The van der Waals surface area contributed by atoms with Crippen molar-refractivity contribution in [3.05, 3.63) is 70.8 Å². The molecule has 1 saturated heterocycles. The van der Waals surface area contributed by atoms with E-state index in [-0.39, 0.29) is 30.3 Å². The van der Waals surface area contributed by atoms with E-state index in [1.54, 1.807) is 12.1 Å². The van der Waals surface area contributed by atoms with Crippen molar-refractivity contribution >= 4 is 17.7 Å². The standard InChI is InChI=1S/C21H21N3O3/c25-19(23-16-8-10-22-11-9-16)15-6-7-17-18(12-15)21(27)24(20(17)26)13-14-4-2-1-3-5-14/h1-7,12,16,22H,8-11,13H2,(H,23,25). The number of rotatable bonds is 4. The SMILES string of the molecule is O=C(NC1CCNCC1)c1ccc2c(c1)C(=O)N(Cc1ccccc1)C2=O. The number of carbonyl (C=O) groups is 3. The van der Waals surface area contributed by atoms with Crippen LogP contribution in [-0.4, -0.2) is 41.8 Å². The molecule has 2 aliphatic heterocycles. The van der Waals surface area contributed by atoms with Gasteiger partial charge in [-0.2, -0.15) is 0 Å². The lowest BCUT2D eigenvalue weighted by Crippen LogP contribution is -2.42. The van der Waals surface area contributed by atoms with E-state index in [1.807, 2.05) is 30.3 Å². The Labute approximate surface area is 157 Å². The topological polar surface area (TPSA) is 78.5 Å². The van der Waals surface area contributed by atoms with Crippen LogP contribution in [0.5, 0.6) is 0 Å². The van der Waals surface area contributed by atoms with E-state index in [0.717, 1.165) is 31.5 Å². The second-order valence-corrected chi connectivity index (χ2v) is 6.94. The Morgan fingerprint density at radius 1 is 1.00 bits per heavy atom. The molecular formula is C21H21N3O3. The molecule has 2 aromatic carbocycles. The van der Waals surface area contributed by atoms with Crippen molar-refractivity contribution in [2.75, 3.05) is 13.1 Å². The average molecular weight is 363 g/mol. The maximum Gasteiger partial charge on any atom is 0.261 e. The van der Waals surface area contributed by atoms with Crippen LogP contribution in [0.25, 0.3) is 0 Å². The minimum atomic E-state index is -0.352. The molecule has 6 nitrogen and oxygen atoms in total. The number of imide groups is 1. The van der Waals surface area contributed by atoms with Crippen molar-refractivity contribution in [1.82, 2.24) is 15.5 Å². The zero-order valence-electron chi connectivity index (χ0n) is 14.9. The molecule has 0 saturated carbocycles. The van der Waals surface area contributed by atoms with E-state index in [0.29, 0.717) is 16.7 Å². The third-order valence-corrected chi connectivity index (χ3v) is 5.09. The number of carbonyl (C=O) groups excluding carboxylic acids is 3. The van der Waals surface area contributed by atoms with Crippen LogP contribution in [0.2, 0.25) is 0 Å². The molecule has 0 aromatic heterocycles. The number of nitrogens with zero attached hydrogens (tertiary/aromatic N) is 1. The molecule has 0 radical (unpaired) electrons. The van der Waals surface area contributed by atoms with Gasteiger partial charge in [0.1, 0.15) is 0 Å². The molecule has 1 fully saturated rings. The highest BCUT2D eigenvalue weighted by Crippen LogP contribution is 2.25. The fourth-order valence-corrected chi connectivity index (χ4v) is 3.58. The number of piperidine rings is 1. The maximum absolute atomic E-state index is 12.7. The number of amides is 3. The molecule has 138 valence electrons. The molecule has 2 aromatic rings. The molecule has 2 N–H and O–H groups in total. The fraction of sp³-hybridized carbons (Fsp3) is 0.286. The van der Waals surface area contributed by atoms with Crippen LogP contribution in [0.4, 0.5) is 0 Å². The lowest BCUT2D eigenvalue weighted by Gasteiger charge is -2.23. The van der Waals surface area contributed by atoms with E-state index in [9.17, 15) is 14.4 Å². The Kier molecular flexibility index (Phi) is 4.73. The van der Waals surface area contributed by atoms with Gasteiger partial charge in [0.15, 0.2) is 0 Å². The summed E-state index contributed by atoms with van der Waals surface area (Å²) in [6.07, 6.45) is 1.78. The van der Waals surface area contributed by atoms with Crippen LogP contribution < -0.4 is 10.6 Å². The van der Waals surface area contributed by atoms with Gasteiger partial charge in [-0.1, -0.05) is 30.3 Å². The van der Waals surface area contributed by atoms with Crippen molar-refractivity contribution < 1.29 is 14.4 Å². The molecule has 4 rings (SSSR count). The molecule has 6 heteroatoms. The van der Waals surface area contributed by atoms with Crippen LogP contribution in [0, 0.1) is 0 Å². The van der Waals surface area contributed by atoms with Crippen LogP contribution in [0.15, 0.2) is 48.5 Å². The summed E-state index contributed by atoms with van der Waals surface area (Å²) in [5, 5.41) is 6.27. The van der Waals surface area contributed by atoms with E-state index < -0.39 is 0 Å². The van der Waals surface area contributed by atoms with Gasteiger partial charge >= 0.3 is 0 Å². The van der Waals surface area contributed by atoms with E-state index >= 15 is 0 Å². The Morgan fingerprint density at radius 2 is 1.70 bits per heavy atom. The van der Waals surface area contributed by atoms with E-state index in [2.05, 4.69) is 10.6 Å². The van der Waals surface area contributed by atoms with Gasteiger partial charge in [-0.05, 0) is 49.7 Å². The Balaban J connectivity index is 1.52. The predicted molar refractivity (Wildman–Crippen MR) is 100 cm³/mol. The minimum absolute atomic E-state index is 0.138. The van der Waals surface area contributed by atoms with Crippen molar-refractivity contribution in [2.45, 2.75) is 25.4 Å². The van der Waals surface area contributed by atoms with Crippen molar-refractivity contribution in [1.29, 1.82) is 0 Å². The summed E-state index contributed by atoms with van der Waals surface area (Å²) < 4.78 is 0. The number of hydrogen-bond donors (Lipinski definition) is 2. The molecular weight excluding hydrogens is 342 g/mol. The molecule has 27 heavy (non-hydrogen) atoms. The second kappa shape index (κ2) is 7.32. The Bertz CT molecular complexity index is 889. The molecule has 0 atom stereocenters. The normalized spacial score (nSPS) is 17.1. The fourth-order valence-electron chi connectivity index (χ4n) is 3.58. The van der Waals surface area contributed by atoms with Gasteiger partial charge in [0.05, 0.1) is 17.7 Å². The lowest BCUT2D eigenvalue weighted by atomic mass is 10.0. The van der Waals surface area contributed by atoms with Crippen molar-refractivity contribution in [3.63, 3.8) is 0 Å². The highest BCUT2D eigenvalue weighted by molar-refractivity contribution is 6.22. The van der Waals surface area contributed by atoms with Gasteiger partial charge in [-0.15, -0.1) is 0 Å². The molecule has 0 aliphatic carbocycles. The highest BCUT2D eigenvalue weighted by Gasteiger charge is 2.36. The largest absolute Gasteiger partial charge is 0.349 e. The summed E-state index contributed by atoms with van der Waals surface area (Å²) in [6.45, 7) is 2.00. The number of benzene rings is 2. The molecule has 0 unspecified atom stereocenters. The zero-order chi connectivity index (χ0) is 18.8. The number of fused-ring (bicyclic) bond motifs is 1. The van der Waals surface area contributed by atoms with Gasteiger partial charge in [-0.25, -0.2) is 0 Å². The first-order valence-corrected chi connectivity index (χ1v) is 9.19. The summed E-state index contributed by atoms with van der Waals surface area (Å²) in [5.41, 5.74) is 1.95. The lowest BCUT2D eigenvalue weighted by molar-refractivity contribution is 0.0642. The summed E-state index contributed by atoms with van der Waals surface area (Å²) in [6, 6.07) is 14.3. The minimum Gasteiger partial charge on any atom is -0.349 e. The Hall–Kier alpha value is -2.99. The zero-order valence-corrected chi connectivity index (χ0v) is 14.9. The highest BCUT2D eigenvalue weighted by atomic mass is 16.2. The predicted octanol–water partition coefficient (Wildman–Crippen LogP) is 1.96. The van der Waals surface area contributed by atoms with Gasteiger partial charge < -0.3 is 10.6 Å². The monoisotopic (exact) mass is 363 g/mol. The quantitative estimate of drug-likeness (QED) is 0.814. The van der Waals surface area contributed by atoms with Crippen molar-refractivity contribution in [3.8, 4) is 0 Å². The van der Waals surface area contributed by atoms with Gasteiger partial charge in [-0.3, -0.25) is 19.3 Å². The third-order valence-electron chi connectivity index (χ3n) is 5.09. The summed E-state index contributed by atoms with van der Waals surface area (Å²) in [5.74, 6) is -0.869. The van der Waals surface area contributed by atoms with Crippen LogP contribution >= 0.6 is 0 Å².